The van der Waals surface area contributed by atoms with E-state index in [9.17, 15) is 5.11 Å². The van der Waals surface area contributed by atoms with Crippen LogP contribution in [0, 0.1) is 28.1 Å². The van der Waals surface area contributed by atoms with Gasteiger partial charge in [0.25, 0.3) is 0 Å². The molecule has 0 spiro atoms. The zero-order valence-corrected chi connectivity index (χ0v) is 17.4. The highest BCUT2D eigenvalue weighted by Crippen LogP contribution is 2.79. The zero-order valence-electron chi connectivity index (χ0n) is 17.4. The minimum Gasteiger partial charge on any atom is -0.393 e. The lowest BCUT2D eigenvalue weighted by atomic mass is 9.31. The van der Waals surface area contributed by atoms with E-state index < -0.39 is 0 Å². The Labute approximate surface area is 161 Å². The number of aliphatic hydroxyl groups is 1. The van der Waals surface area contributed by atoms with Gasteiger partial charge in [0.15, 0.2) is 0 Å². The van der Waals surface area contributed by atoms with Crippen LogP contribution in [-0.2, 0) is 0 Å². The van der Waals surface area contributed by atoms with Crippen molar-refractivity contribution in [2.24, 2.45) is 33.1 Å². The fourth-order valence-electron chi connectivity index (χ4n) is 8.13. The van der Waals surface area contributed by atoms with Crippen LogP contribution in [-0.4, -0.2) is 31.8 Å². The molecule has 4 aliphatic rings. The number of nitrogens with zero attached hydrogens (tertiary/aromatic N) is 1. The molecule has 2 radical (unpaired) electrons. The van der Waals surface area contributed by atoms with Crippen LogP contribution in [0.15, 0.2) is 16.6 Å². The Kier molecular flexibility index (Phi) is 4.13. The number of aliphatic hydroxyl groups excluding tert-OH is 1. The highest BCUT2D eigenvalue weighted by atomic mass is 16.3. The van der Waals surface area contributed by atoms with Crippen molar-refractivity contribution in [2.75, 3.05) is 7.05 Å². The maximum absolute atomic E-state index is 10.2. The van der Waals surface area contributed by atoms with E-state index in [2.05, 4.69) is 38.8 Å². The zero-order chi connectivity index (χ0) is 19.0. The van der Waals surface area contributed by atoms with Crippen LogP contribution in [0.3, 0.4) is 0 Å². The molecule has 0 aromatic heterocycles. The Hall–Kier alpha value is -0.565. The van der Waals surface area contributed by atoms with Crippen molar-refractivity contribution in [3.05, 3.63) is 11.6 Å². The number of hydrogen-bond donors (Lipinski definition) is 1. The van der Waals surface area contributed by atoms with Crippen LogP contribution in [0.1, 0.15) is 79.1 Å². The van der Waals surface area contributed by atoms with Gasteiger partial charge in [-0.2, -0.15) is 0 Å². The third-order valence-electron chi connectivity index (χ3n) is 9.94. The fourth-order valence-corrected chi connectivity index (χ4v) is 8.13. The molecule has 7 atom stereocenters. The predicted molar refractivity (Wildman–Crippen MR) is 110 cm³/mol. The van der Waals surface area contributed by atoms with Crippen LogP contribution in [0.25, 0.3) is 0 Å². The summed E-state index contributed by atoms with van der Waals surface area (Å²) in [6, 6.07) is 0. The Morgan fingerprint density at radius 2 is 1.85 bits per heavy atom. The van der Waals surface area contributed by atoms with Gasteiger partial charge >= 0.3 is 0 Å². The van der Waals surface area contributed by atoms with E-state index in [1.807, 2.05) is 7.05 Å². The molecule has 3 heteroatoms. The Bertz CT molecular complexity index is 671. The van der Waals surface area contributed by atoms with Gasteiger partial charge in [-0.25, -0.2) is 0 Å². The number of rotatable bonds is 1. The SMILES string of the molecule is [B]C12CCC(C(C)=NC)C1(C)CCC1C3(C)CCC(O)CC3=CCC12C. The molecule has 26 heavy (non-hydrogen) atoms. The van der Waals surface area contributed by atoms with Crippen molar-refractivity contribution < 1.29 is 5.11 Å². The lowest BCUT2D eigenvalue weighted by molar-refractivity contribution is -0.0927. The third kappa shape index (κ3) is 2.07. The van der Waals surface area contributed by atoms with Gasteiger partial charge in [0.1, 0.15) is 0 Å². The van der Waals surface area contributed by atoms with E-state index in [-0.39, 0.29) is 27.7 Å². The summed E-state index contributed by atoms with van der Waals surface area (Å²) < 4.78 is 0. The maximum atomic E-state index is 10.2. The lowest BCUT2D eigenvalue weighted by Gasteiger charge is -2.68. The van der Waals surface area contributed by atoms with E-state index >= 15 is 0 Å². The van der Waals surface area contributed by atoms with Crippen LogP contribution < -0.4 is 0 Å². The quantitative estimate of drug-likeness (QED) is 0.396. The van der Waals surface area contributed by atoms with Crippen LogP contribution in [0.4, 0.5) is 0 Å². The van der Waals surface area contributed by atoms with Crippen molar-refractivity contribution >= 4 is 13.6 Å². The number of fused-ring (bicyclic) bond motifs is 5. The van der Waals surface area contributed by atoms with Crippen molar-refractivity contribution in [3.63, 3.8) is 0 Å². The van der Waals surface area contributed by atoms with Crippen molar-refractivity contribution in [2.45, 2.75) is 90.5 Å². The van der Waals surface area contributed by atoms with Crippen molar-refractivity contribution in [1.29, 1.82) is 0 Å². The van der Waals surface area contributed by atoms with Gasteiger partial charge in [-0.05, 0) is 74.0 Å². The molecular weight excluding hydrogens is 317 g/mol. The molecule has 0 aromatic rings. The molecule has 3 fully saturated rings. The third-order valence-corrected chi connectivity index (χ3v) is 9.94. The second kappa shape index (κ2) is 5.72. The fraction of sp³-hybridized carbons (Fsp3) is 0.870. The Morgan fingerprint density at radius 3 is 2.54 bits per heavy atom. The van der Waals surface area contributed by atoms with Gasteiger partial charge in [-0.3, -0.25) is 4.99 Å². The van der Waals surface area contributed by atoms with E-state index in [4.69, 9.17) is 7.85 Å². The Balaban J connectivity index is 1.78. The molecule has 0 saturated heterocycles. The van der Waals surface area contributed by atoms with Gasteiger partial charge in [-0.1, -0.05) is 44.2 Å². The molecule has 7 unspecified atom stereocenters. The maximum Gasteiger partial charge on any atom is 0.0761 e. The summed E-state index contributed by atoms with van der Waals surface area (Å²) in [7, 11) is 9.38. The van der Waals surface area contributed by atoms with Crippen LogP contribution in [0.5, 0.6) is 0 Å². The summed E-state index contributed by atoms with van der Waals surface area (Å²) in [6.45, 7) is 9.65. The summed E-state index contributed by atoms with van der Waals surface area (Å²) in [4.78, 5) is 4.57. The second-order valence-corrected chi connectivity index (χ2v) is 10.6. The largest absolute Gasteiger partial charge is 0.393 e. The average molecular weight is 353 g/mol. The summed E-state index contributed by atoms with van der Waals surface area (Å²) in [5.74, 6) is 1.17. The Morgan fingerprint density at radius 1 is 1.12 bits per heavy atom. The van der Waals surface area contributed by atoms with Crippen LogP contribution >= 0.6 is 0 Å². The summed E-state index contributed by atoms with van der Waals surface area (Å²) >= 11 is 0. The number of hydrogen-bond acceptors (Lipinski definition) is 2. The van der Waals surface area contributed by atoms with E-state index in [1.165, 1.54) is 30.5 Å². The lowest BCUT2D eigenvalue weighted by Crippen LogP contribution is -2.59. The molecule has 0 heterocycles. The average Bonchev–Trinajstić information content (AvgIpc) is 2.88. The smallest absolute Gasteiger partial charge is 0.0761 e. The standard InChI is InChI=1S/C23H36BNO/c1-15(25-5)18-8-13-23(24)21(18,3)12-9-19-20(2)10-7-17(26)14-16(20)6-11-22(19,23)4/h6,17-19,26H,7-14H2,1-5H3. The molecule has 4 aliphatic carbocycles. The molecule has 3 saturated carbocycles. The van der Waals surface area contributed by atoms with Crippen molar-refractivity contribution in [3.8, 4) is 0 Å². The molecular formula is C23H36BNO. The highest BCUT2D eigenvalue weighted by molar-refractivity contribution is 6.17. The molecule has 142 valence electrons. The molecule has 1 N–H and O–H groups in total. The van der Waals surface area contributed by atoms with Crippen LogP contribution in [0.2, 0.25) is 5.31 Å². The summed E-state index contributed by atoms with van der Waals surface area (Å²) in [6.07, 6.45) is 11.1. The molecule has 2 nitrogen and oxygen atoms in total. The molecule has 4 rings (SSSR count). The first-order valence-electron chi connectivity index (χ1n) is 10.7. The molecule has 0 aromatic carbocycles. The minimum atomic E-state index is -0.140. The summed E-state index contributed by atoms with van der Waals surface area (Å²) in [5, 5.41) is 10.1. The van der Waals surface area contributed by atoms with E-state index in [0.717, 1.165) is 32.1 Å². The van der Waals surface area contributed by atoms with Gasteiger partial charge in [-0.15, -0.1) is 0 Å². The molecule has 0 aliphatic heterocycles. The first-order valence-corrected chi connectivity index (χ1v) is 10.7. The predicted octanol–water partition coefficient (Wildman–Crippen LogP) is 5.12. The van der Waals surface area contributed by atoms with E-state index in [0.29, 0.717) is 11.8 Å². The minimum absolute atomic E-state index is 0.124. The topological polar surface area (TPSA) is 32.6 Å². The van der Waals surface area contributed by atoms with Gasteiger partial charge in [0.05, 0.1) is 14.0 Å². The highest BCUT2D eigenvalue weighted by Gasteiger charge is 2.68. The first kappa shape index (κ1) is 18.8. The monoisotopic (exact) mass is 353 g/mol. The van der Waals surface area contributed by atoms with Gasteiger partial charge in [0, 0.05) is 18.7 Å². The number of aliphatic imine (C=N–C) groups is 1. The summed E-state index contributed by atoms with van der Waals surface area (Å²) in [5.41, 5.74) is 3.33. The van der Waals surface area contributed by atoms with Crippen molar-refractivity contribution in [1.82, 2.24) is 0 Å². The molecule has 0 bridgehead atoms. The van der Waals surface area contributed by atoms with Gasteiger partial charge in [0.2, 0.25) is 0 Å². The van der Waals surface area contributed by atoms with Gasteiger partial charge < -0.3 is 5.11 Å². The van der Waals surface area contributed by atoms with E-state index in [1.54, 1.807) is 0 Å². The second-order valence-electron chi connectivity index (χ2n) is 10.6. The number of allylic oxidation sites excluding steroid dienone is 1. The molecule has 0 amide bonds. The normalized spacial score (nSPS) is 54.2. The first-order chi connectivity index (χ1) is 12.1.